The lowest BCUT2D eigenvalue weighted by Crippen LogP contribution is -2.44. The SMILES string of the molecule is Cn1c(CCNC(=O)C2CCCN(c3ncccc3C(F)(F)F)C2)n[nH]c1=S. The summed E-state index contributed by atoms with van der Waals surface area (Å²) in [4.78, 5) is 18.0. The van der Waals surface area contributed by atoms with Gasteiger partial charge in [-0.2, -0.15) is 18.3 Å². The first-order valence-electron chi connectivity index (χ1n) is 8.92. The Hall–Kier alpha value is -2.43. The molecule has 1 aliphatic rings. The Morgan fingerprint density at radius 1 is 1.46 bits per heavy atom. The Morgan fingerprint density at radius 3 is 2.93 bits per heavy atom. The van der Waals surface area contributed by atoms with Gasteiger partial charge in [0.25, 0.3) is 0 Å². The number of nitrogens with zero attached hydrogens (tertiary/aromatic N) is 4. The number of alkyl halides is 3. The minimum absolute atomic E-state index is 0.117. The number of carbonyl (C=O) groups is 1. The summed E-state index contributed by atoms with van der Waals surface area (Å²) in [6.45, 7) is 1.02. The summed E-state index contributed by atoms with van der Waals surface area (Å²) >= 11 is 5.04. The molecule has 152 valence electrons. The maximum absolute atomic E-state index is 13.3. The lowest BCUT2D eigenvalue weighted by molar-refractivity contribution is -0.137. The van der Waals surface area contributed by atoms with Crippen LogP contribution in [0, 0.1) is 10.7 Å². The maximum Gasteiger partial charge on any atom is 0.419 e. The van der Waals surface area contributed by atoms with Crippen LogP contribution in [0.15, 0.2) is 18.3 Å². The molecule has 0 saturated carbocycles. The molecule has 1 aliphatic heterocycles. The van der Waals surface area contributed by atoms with Crippen molar-refractivity contribution in [1.29, 1.82) is 0 Å². The summed E-state index contributed by atoms with van der Waals surface area (Å²) in [5.41, 5.74) is -0.776. The highest BCUT2D eigenvalue weighted by Crippen LogP contribution is 2.36. The normalized spacial score (nSPS) is 17.6. The van der Waals surface area contributed by atoms with E-state index in [1.807, 2.05) is 0 Å². The second-order valence-corrected chi connectivity index (χ2v) is 7.09. The van der Waals surface area contributed by atoms with E-state index in [9.17, 15) is 18.0 Å². The van der Waals surface area contributed by atoms with E-state index < -0.39 is 11.7 Å². The first-order valence-corrected chi connectivity index (χ1v) is 9.33. The third kappa shape index (κ3) is 4.51. The zero-order chi connectivity index (χ0) is 20.3. The highest BCUT2D eigenvalue weighted by molar-refractivity contribution is 7.71. The van der Waals surface area contributed by atoms with Gasteiger partial charge in [0.1, 0.15) is 11.6 Å². The van der Waals surface area contributed by atoms with Crippen LogP contribution < -0.4 is 10.2 Å². The number of pyridine rings is 1. The fraction of sp³-hybridized carbons (Fsp3) is 0.529. The van der Waals surface area contributed by atoms with Gasteiger partial charge in [0, 0.05) is 39.3 Å². The fourth-order valence-corrected chi connectivity index (χ4v) is 3.45. The van der Waals surface area contributed by atoms with Gasteiger partial charge < -0.3 is 14.8 Å². The molecule has 0 bridgehead atoms. The number of rotatable bonds is 5. The van der Waals surface area contributed by atoms with Gasteiger partial charge in [-0.05, 0) is 37.2 Å². The standard InChI is InChI=1S/C17H21F3N6OS/c1-25-13(23-24-16(25)28)6-8-22-15(27)11-4-3-9-26(10-11)14-12(17(18,19)20)5-2-7-21-14/h2,5,7,11H,3-4,6,8-10H2,1H3,(H,22,27)(H,24,28). The molecule has 2 N–H and O–H groups in total. The predicted octanol–water partition coefficient (Wildman–Crippen LogP) is 2.47. The van der Waals surface area contributed by atoms with Crippen molar-refractivity contribution < 1.29 is 18.0 Å². The first kappa shape index (κ1) is 20.3. The molecule has 1 saturated heterocycles. The van der Waals surface area contributed by atoms with Crippen LogP contribution in [0.2, 0.25) is 0 Å². The zero-order valence-electron chi connectivity index (χ0n) is 15.3. The molecule has 1 amide bonds. The molecule has 1 atom stereocenters. The molecule has 0 aliphatic carbocycles. The molecule has 3 heterocycles. The van der Waals surface area contributed by atoms with E-state index in [4.69, 9.17) is 12.2 Å². The van der Waals surface area contributed by atoms with E-state index in [1.54, 1.807) is 16.5 Å². The van der Waals surface area contributed by atoms with Crippen molar-refractivity contribution in [2.45, 2.75) is 25.4 Å². The van der Waals surface area contributed by atoms with E-state index in [0.29, 0.717) is 37.1 Å². The topological polar surface area (TPSA) is 78.8 Å². The minimum Gasteiger partial charge on any atom is -0.355 e. The maximum atomic E-state index is 13.3. The predicted molar refractivity (Wildman–Crippen MR) is 99.3 cm³/mol. The third-order valence-corrected chi connectivity index (χ3v) is 5.17. The Balaban J connectivity index is 1.61. The van der Waals surface area contributed by atoms with Crippen LogP contribution in [-0.4, -0.2) is 45.3 Å². The average molecular weight is 414 g/mol. The molecule has 11 heteroatoms. The van der Waals surface area contributed by atoms with Crippen molar-refractivity contribution in [2.24, 2.45) is 13.0 Å². The van der Waals surface area contributed by atoms with Gasteiger partial charge in [-0.3, -0.25) is 9.89 Å². The number of amides is 1. The number of anilines is 1. The number of carbonyl (C=O) groups excluding carboxylic acids is 1. The number of hydrogen-bond donors (Lipinski definition) is 2. The van der Waals surface area contributed by atoms with Gasteiger partial charge in [-0.1, -0.05) is 0 Å². The molecule has 1 fully saturated rings. The molecule has 0 radical (unpaired) electrons. The molecule has 2 aromatic rings. The van der Waals surface area contributed by atoms with Gasteiger partial charge in [0.05, 0.1) is 11.5 Å². The van der Waals surface area contributed by atoms with Crippen molar-refractivity contribution in [3.63, 3.8) is 0 Å². The quantitative estimate of drug-likeness (QED) is 0.735. The average Bonchev–Trinajstić information content (AvgIpc) is 2.99. The van der Waals surface area contributed by atoms with Gasteiger partial charge in [-0.25, -0.2) is 4.98 Å². The largest absolute Gasteiger partial charge is 0.419 e. The van der Waals surface area contributed by atoms with Gasteiger partial charge in [0.15, 0.2) is 4.77 Å². The minimum atomic E-state index is -4.48. The number of H-pyrrole nitrogens is 1. The fourth-order valence-electron chi connectivity index (χ4n) is 3.30. The number of aromatic amines is 1. The molecule has 2 aromatic heterocycles. The molecule has 0 spiro atoms. The highest BCUT2D eigenvalue weighted by Gasteiger charge is 2.37. The summed E-state index contributed by atoms with van der Waals surface area (Å²) in [6.07, 6.45) is -1.39. The van der Waals surface area contributed by atoms with E-state index in [0.717, 1.165) is 11.9 Å². The smallest absolute Gasteiger partial charge is 0.355 e. The Morgan fingerprint density at radius 2 is 2.25 bits per heavy atom. The lowest BCUT2D eigenvalue weighted by Gasteiger charge is -2.34. The van der Waals surface area contributed by atoms with Crippen molar-refractivity contribution in [3.8, 4) is 0 Å². The number of hydrogen-bond acceptors (Lipinski definition) is 5. The van der Waals surface area contributed by atoms with Crippen LogP contribution in [0.1, 0.15) is 24.2 Å². The van der Waals surface area contributed by atoms with Crippen molar-refractivity contribution >= 4 is 23.9 Å². The number of halogens is 3. The van der Waals surface area contributed by atoms with Crippen LogP contribution in [0.25, 0.3) is 0 Å². The Bertz CT molecular complexity index is 894. The van der Waals surface area contributed by atoms with E-state index >= 15 is 0 Å². The molecule has 1 unspecified atom stereocenters. The monoisotopic (exact) mass is 414 g/mol. The van der Waals surface area contributed by atoms with Crippen LogP contribution >= 0.6 is 12.2 Å². The van der Waals surface area contributed by atoms with Crippen LogP contribution in [0.3, 0.4) is 0 Å². The van der Waals surface area contributed by atoms with Crippen LogP contribution in [0.5, 0.6) is 0 Å². The van der Waals surface area contributed by atoms with Gasteiger partial charge >= 0.3 is 6.18 Å². The zero-order valence-corrected chi connectivity index (χ0v) is 16.1. The molecule has 0 aromatic carbocycles. The molecule has 3 rings (SSSR count). The van der Waals surface area contributed by atoms with Crippen molar-refractivity contribution in [2.75, 3.05) is 24.5 Å². The molecule has 28 heavy (non-hydrogen) atoms. The first-order chi connectivity index (χ1) is 13.3. The summed E-state index contributed by atoms with van der Waals surface area (Å²) < 4.78 is 42.0. The van der Waals surface area contributed by atoms with Gasteiger partial charge in [-0.15, -0.1) is 0 Å². The van der Waals surface area contributed by atoms with Crippen molar-refractivity contribution in [1.82, 2.24) is 25.1 Å². The third-order valence-electron chi connectivity index (χ3n) is 4.80. The highest BCUT2D eigenvalue weighted by atomic mass is 32.1. The summed E-state index contributed by atoms with van der Waals surface area (Å²) in [5.74, 6) is 0.0400. The molecule has 7 nitrogen and oxygen atoms in total. The van der Waals surface area contributed by atoms with E-state index in [-0.39, 0.29) is 24.2 Å². The van der Waals surface area contributed by atoms with Crippen LogP contribution in [0.4, 0.5) is 19.0 Å². The number of aromatic nitrogens is 4. The second-order valence-electron chi connectivity index (χ2n) is 6.70. The van der Waals surface area contributed by atoms with Crippen LogP contribution in [-0.2, 0) is 24.4 Å². The van der Waals surface area contributed by atoms with Crippen molar-refractivity contribution in [3.05, 3.63) is 34.5 Å². The molecular formula is C17H21F3N6OS. The molecular weight excluding hydrogens is 393 g/mol. The summed E-state index contributed by atoms with van der Waals surface area (Å²) in [6, 6.07) is 2.28. The number of nitrogens with one attached hydrogen (secondary N) is 2. The van der Waals surface area contributed by atoms with Gasteiger partial charge in [0.2, 0.25) is 5.91 Å². The van der Waals surface area contributed by atoms with E-state index in [2.05, 4.69) is 20.5 Å². The lowest BCUT2D eigenvalue weighted by atomic mass is 9.96. The second kappa shape index (κ2) is 8.29. The summed E-state index contributed by atoms with van der Waals surface area (Å²) in [5, 5.41) is 9.60. The Kier molecular flexibility index (Phi) is 6.01. The van der Waals surface area contributed by atoms with E-state index in [1.165, 1.54) is 12.3 Å². The number of piperidine rings is 1. The summed E-state index contributed by atoms with van der Waals surface area (Å²) in [7, 11) is 1.78. The Labute approximate surface area is 165 Å².